The Balaban J connectivity index is 1.83. The van der Waals surface area contributed by atoms with Crippen molar-refractivity contribution < 1.29 is 13.9 Å². The first kappa shape index (κ1) is 17.7. The minimum atomic E-state index is -0.546. The molecule has 3 unspecified atom stereocenters. The number of anilines is 1. The lowest BCUT2D eigenvalue weighted by Crippen LogP contribution is -2.48. The molecular formula is C24H21NO4. The van der Waals surface area contributed by atoms with E-state index in [1.807, 2.05) is 49.4 Å². The number of carbonyl (C=O) groups is 1. The van der Waals surface area contributed by atoms with Gasteiger partial charge in [0.1, 0.15) is 17.6 Å². The lowest BCUT2D eigenvalue weighted by Gasteiger charge is -2.44. The van der Waals surface area contributed by atoms with Gasteiger partial charge in [0.25, 0.3) is 0 Å². The maximum atomic E-state index is 13.5. The van der Waals surface area contributed by atoms with Crippen LogP contribution in [0.3, 0.4) is 0 Å². The third-order valence-corrected chi connectivity index (χ3v) is 5.95. The van der Waals surface area contributed by atoms with E-state index < -0.39 is 23.6 Å². The highest BCUT2D eigenvalue weighted by atomic mass is 16.5. The van der Waals surface area contributed by atoms with Gasteiger partial charge in [-0.05, 0) is 31.0 Å². The quantitative estimate of drug-likeness (QED) is 0.630. The Labute approximate surface area is 168 Å². The summed E-state index contributed by atoms with van der Waals surface area (Å²) in [6, 6.07) is 17.5. The number of hydrogen-bond acceptors (Lipinski definition) is 4. The highest BCUT2D eigenvalue weighted by Gasteiger charge is 2.51. The molecule has 0 bridgehead atoms. The van der Waals surface area contributed by atoms with Crippen molar-refractivity contribution in [1.82, 2.24) is 0 Å². The van der Waals surface area contributed by atoms with Crippen LogP contribution in [0, 0.1) is 19.8 Å². The third kappa shape index (κ3) is 2.61. The molecule has 3 atom stereocenters. The van der Waals surface area contributed by atoms with E-state index in [9.17, 15) is 9.59 Å². The van der Waals surface area contributed by atoms with Crippen LogP contribution in [0.4, 0.5) is 5.69 Å². The zero-order chi connectivity index (χ0) is 20.3. The molecule has 0 radical (unpaired) electrons. The van der Waals surface area contributed by atoms with Crippen molar-refractivity contribution in [1.29, 1.82) is 0 Å². The fourth-order valence-electron chi connectivity index (χ4n) is 4.65. The Bertz CT molecular complexity index is 1180. The van der Waals surface area contributed by atoms with Crippen LogP contribution in [0.15, 0.2) is 63.8 Å². The number of ether oxygens (including phenoxy) is 1. The third-order valence-electron chi connectivity index (χ3n) is 5.95. The summed E-state index contributed by atoms with van der Waals surface area (Å²) in [5, 5.41) is 0. The van der Waals surface area contributed by atoms with Gasteiger partial charge >= 0.3 is 5.63 Å². The second kappa shape index (κ2) is 6.34. The molecule has 3 aromatic rings. The fraction of sp³-hybridized carbons (Fsp3) is 0.250. The molecule has 5 nitrogen and oxygen atoms in total. The van der Waals surface area contributed by atoms with Gasteiger partial charge in [0, 0.05) is 24.7 Å². The van der Waals surface area contributed by atoms with Crippen molar-refractivity contribution in [2.45, 2.75) is 25.9 Å². The SMILES string of the molecule is Cc1ccc2c(c1)C1c3c(cc(C)oc3=O)OC(c3ccccc3)C1C(=O)N2C. The van der Waals surface area contributed by atoms with Crippen LogP contribution in [0.2, 0.25) is 0 Å². The average molecular weight is 387 g/mol. The molecule has 29 heavy (non-hydrogen) atoms. The van der Waals surface area contributed by atoms with Crippen LogP contribution in [0.5, 0.6) is 5.75 Å². The summed E-state index contributed by atoms with van der Waals surface area (Å²) in [5.74, 6) is -0.0403. The van der Waals surface area contributed by atoms with Crippen LogP contribution >= 0.6 is 0 Å². The Morgan fingerprint density at radius 3 is 2.48 bits per heavy atom. The van der Waals surface area contributed by atoms with Crippen LogP contribution in [0.25, 0.3) is 0 Å². The van der Waals surface area contributed by atoms with Gasteiger partial charge in [-0.25, -0.2) is 4.79 Å². The standard InChI is InChI=1S/C24H21NO4/c1-13-9-10-17-16(11-13)19-20-18(12-14(2)28-24(20)27)29-22(15-7-5-4-6-8-15)21(19)23(26)25(17)3/h4-12,19,21-22H,1-3H3. The van der Waals surface area contributed by atoms with Crippen LogP contribution in [0.1, 0.15) is 40.0 Å². The first-order valence-corrected chi connectivity index (χ1v) is 9.70. The molecule has 1 aromatic heterocycles. The molecule has 5 heteroatoms. The Morgan fingerprint density at radius 2 is 1.72 bits per heavy atom. The van der Waals surface area contributed by atoms with E-state index >= 15 is 0 Å². The lowest BCUT2D eigenvalue weighted by molar-refractivity contribution is -0.127. The zero-order valence-electron chi connectivity index (χ0n) is 16.5. The van der Waals surface area contributed by atoms with E-state index in [1.54, 1.807) is 24.9 Å². The molecule has 0 saturated carbocycles. The van der Waals surface area contributed by atoms with Gasteiger partial charge in [-0.15, -0.1) is 0 Å². The van der Waals surface area contributed by atoms with Gasteiger partial charge in [0.15, 0.2) is 0 Å². The minimum Gasteiger partial charge on any atom is -0.484 e. The van der Waals surface area contributed by atoms with Gasteiger partial charge in [0.2, 0.25) is 5.91 Å². The largest absolute Gasteiger partial charge is 0.484 e. The van der Waals surface area contributed by atoms with Gasteiger partial charge < -0.3 is 14.1 Å². The molecule has 0 saturated heterocycles. The Kier molecular flexibility index (Phi) is 3.88. The predicted octanol–water partition coefficient (Wildman–Crippen LogP) is 4.11. The van der Waals surface area contributed by atoms with Gasteiger partial charge in [-0.2, -0.15) is 0 Å². The molecule has 2 aliphatic heterocycles. The summed E-state index contributed by atoms with van der Waals surface area (Å²) in [4.78, 5) is 28.1. The number of aryl methyl sites for hydroxylation is 2. The molecule has 3 heterocycles. The highest BCUT2D eigenvalue weighted by Crippen LogP contribution is 2.53. The predicted molar refractivity (Wildman–Crippen MR) is 109 cm³/mol. The number of fused-ring (bicyclic) bond motifs is 5. The van der Waals surface area contributed by atoms with Gasteiger partial charge in [-0.1, -0.05) is 48.0 Å². The number of nitrogens with zero attached hydrogens (tertiary/aromatic N) is 1. The summed E-state index contributed by atoms with van der Waals surface area (Å²) >= 11 is 0. The first-order valence-electron chi connectivity index (χ1n) is 9.70. The molecule has 0 aliphatic carbocycles. The summed E-state index contributed by atoms with van der Waals surface area (Å²) < 4.78 is 11.7. The summed E-state index contributed by atoms with van der Waals surface area (Å²) in [6.07, 6.45) is -0.487. The molecule has 5 rings (SSSR count). The molecular weight excluding hydrogens is 366 g/mol. The van der Waals surface area contributed by atoms with Crippen molar-refractivity contribution in [2.24, 2.45) is 5.92 Å². The van der Waals surface area contributed by atoms with E-state index in [4.69, 9.17) is 9.15 Å². The first-order chi connectivity index (χ1) is 14.0. The molecule has 0 spiro atoms. The van der Waals surface area contributed by atoms with Gasteiger partial charge in [-0.3, -0.25) is 4.79 Å². The Hall–Kier alpha value is -3.34. The topological polar surface area (TPSA) is 59.8 Å². The summed E-state index contributed by atoms with van der Waals surface area (Å²) in [6.45, 7) is 3.74. The molecule has 1 amide bonds. The number of amides is 1. The number of carbonyl (C=O) groups excluding carboxylic acids is 1. The normalized spacial score (nSPS) is 22.4. The Morgan fingerprint density at radius 1 is 0.966 bits per heavy atom. The highest BCUT2D eigenvalue weighted by molar-refractivity contribution is 6.00. The van der Waals surface area contributed by atoms with Crippen LogP contribution in [-0.2, 0) is 4.79 Å². The molecule has 2 aromatic carbocycles. The average Bonchev–Trinajstić information content (AvgIpc) is 2.71. The number of rotatable bonds is 1. The van der Waals surface area contributed by atoms with Crippen molar-refractivity contribution in [3.8, 4) is 5.75 Å². The second-order valence-electron chi connectivity index (χ2n) is 7.83. The van der Waals surface area contributed by atoms with Crippen molar-refractivity contribution in [3.05, 3.63) is 93.0 Å². The zero-order valence-corrected chi connectivity index (χ0v) is 16.5. The van der Waals surface area contributed by atoms with Crippen LogP contribution < -0.4 is 15.3 Å². The minimum absolute atomic E-state index is 0.0640. The van der Waals surface area contributed by atoms with E-state index in [1.165, 1.54) is 0 Å². The van der Waals surface area contributed by atoms with Crippen molar-refractivity contribution in [3.63, 3.8) is 0 Å². The smallest absolute Gasteiger partial charge is 0.343 e. The van der Waals surface area contributed by atoms with E-state index in [2.05, 4.69) is 6.07 Å². The van der Waals surface area contributed by atoms with Crippen LogP contribution in [-0.4, -0.2) is 13.0 Å². The maximum absolute atomic E-state index is 13.5. The van der Waals surface area contributed by atoms with E-state index in [0.29, 0.717) is 17.1 Å². The lowest BCUT2D eigenvalue weighted by atomic mass is 9.71. The maximum Gasteiger partial charge on any atom is 0.343 e. The second-order valence-corrected chi connectivity index (χ2v) is 7.83. The summed E-state index contributed by atoms with van der Waals surface area (Å²) in [7, 11) is 1.78. The van der Waals surface area contributed by atoms with Crippen molar-refractivity contribution >= 4 is 11.6 Å². The summed E-state index contributed by atoms with van der Waals surface area (Å²) in [5.41, 5.74) is 3.76. The molecule has 146 valence electrons. The molecule has 0 N–H and O–H groups in total. The fourth-order valence-corrected chi connectivity index (χ4v) is 4.65. The number of hydrogen-bond donors (Lipinski definition) is 0. The van der Waals surface area contributed by atoms with Crippen molar-refractivity contribution in [2.75, 3.05) is 11.9 Å². The van der Waals surface area contributed by atoms with E-state index in [-0.39, 0.29) is 5.91 Å². The molecule has 2 aliphatic rings. The number of benzene rings is 2. The van der Waals surface area contributed by atoms with E-state index in [0.717, 1.165) is 22.4 Å². The molecule has 0 fully saturated rings. The van der Waals surface area contributed by atoms with Gasteiger partial charge in [0.05, 0.1) is 11.5 Å². The monoisotopic (exact) mass is 387 g/mol.